The highest BCUT2D eigenvalue weighted by Gasteiger charge is 2.40. The minimum absolute atomic E-state index is 0.0321. The van der Waals surface area contributed by atoms with Crippen molar-refractivity contribution in [2.45, 2.75) is 39.3 Å². The van der Waals surface area contributed by atoms with Crippen molar-refractivity contribution < 1.29 is 9.84 Å². The third-order valence-corrected chi connectivity index (χ3v) is 3.99. The number of nitrogens with one attached hydrogen (secondary N) is 1. The van der Waals surface area contributed by atoms with Gasteiger partial charge in [0.2, 0.25) is 0 Å². The molecule has 1 aromatic carbocycles. The first kappa shape index (κ1) is 14.4. The Balaban J connectivity index is 2.09. The van der Waals surface area contributed by atoms with Gasteiger partial charge >= 0.3 is 0 Å². The molecule has 2 N–H and O–H groups in total. The Labute approximate surface area is 116 Å². The number of rotatable bonds is 4. The van der Waals surface area contributed by atoms with E-state index in [-0.39, 0.29) is 24.2 Å². The van der Waals surface area contributed by atoms with Gasteiger partial charge < -0.3 is 15.2 Å². The molecular weight excluding hydrogens is 238 g/mol. The highest BCUT2D eigenvalue weighted by Crippen LogP contribution is 2.35. The predicted molar refractivity (Wildman–Crippen MR) is 77.3 cm³/mol. The van der Waals surface area contributed by atoms with E-state index in [1.54, 1.807) is 0 Å². The average molecular weight is 263 g/mol. The monoisotopic (exact) mass is 263 g/mol. The quantitative estimate of drug-likeness (QED) is 0.877. The topological polar surface area (TPSA) is 41.5 Å². The third-order valence-electron chi connectivity index (χ3n) is 3.99. The van der Waals surface area contributed by atoms with E-state index in [4.69, 9.17) is 4.74 Å². The Morgan fingerprint density at radius 2 is 2.05 bits per heavy atom. The normalized spacial score (nSPS) is 27.8. The molecule has 0 saturated carbocycles. The summed E-state index contributed by atoms with van der Waals surface area (Å²) < 4.78 is 5.96. The van der Waals surface area contributed by atoms with Crippen molar-refractivity contribution in [2.75, 3.05) is 13.2 Å². The molecular formula is C16H25NO2. The van der Waals surface area contributed by atoms with Crippen LogP contribution < -0.4 is 10.1 Å². The fourth-order valence-corrected chi connectivity index (χ4v) is 3.22. The van der Waals surface area contributed by atoms with E-state index in [9.17, 15) is 5.11 Å². The summed E-state index contributed by atoms with van der Waals surface area (Å²) in [5, 5.41) is 13.2. The highest BCUT2D eigenvalue weighted by molar-refractivity contribution is 5.21. The van der Waals surface area contributed by atoms with Crippen molar-refractivity contribution in [1.29, 1.82) is 0 Å². The zero-order chi connectivity index (χ0) is 13.9. The number of benzene rings is 1. The summed E-state index contributed by atoms with van der Waals surface area (Å²) >= 11 is 0. The average Bonchev–Trinajstić information content (AvgIpc) is 2.37. The molecule has 1 aromatic rings. The summed E-state index contributed by atoms with van der Waals surface area (Å²) in [4.78, 5) is 0. The van der Waals surface area contributed by atoms with E-state index in [1.165, 1.54) is 0 Å². The van der Waals surface area contributed by atoms with E-state index >= 15 is 0 Å². The van der Waals surface area contributed by atoms with Crippen LogP contribution >= 0.6 is 0 Å². The Hall–Kier alpha value is -1.06. The van der Waals surface area contributed by atoms with Crippen LogP contribution in [0.1, 0.15) is 27.2 Å². The Bertz CT molecular complexity index is 391. The van der Waals surface area contributed by atoms with Crippen LogP contribution in [0.5, 0.6) is 5.75 Å². The van der Waals surface area contributed by atoms with Gasteiger partial charge in [-0.3, -0.25) is 0 Å². The van der Waals surface area contributed by atoms with E-state index < -0.39 is 0 Å². The first-order chi connectivity index (χ1) is 9.03. The lowest BCUT2D eigenvalue weighted by Gasteiger charge is -2.45. The second kappa shape index (κ2) is 5.93. The number of piperidine rings is 1. The van der Waals surface area contributed by atoms with E-state index in [0.29, 0.717) is 5.92 Å². The van der Waals surface area contributed by atoms with Crippen molar-refractivity contribution in [3.05, 3.63) is 30.3 Å². The maximum absolute atomic E-state index is 9.67. The lowest BCUT2D eigenvalue weighted by atomic mass is 9.72. The Morgan fingerprint density at radius 1 is 1.37 bits per heavy atom. The van der Waals surface area contributed by atoms with Crippen LogP contribution in [0.25, 0.3) is 0 Å². The predicted octanol–water partition coefficient (Wildman–Crippen LogP) is 2.45. The number of para-hydroxylation sites is 1. The standard InChI is InChI=1S/C16H25NO2/c1-12-9-16(2,3)15(17-10-12)14(11-18)19-13-7-5-4-6-8-13/h4-8,12,14-15,17-18H,9-11H2,1-3H3/t12-,14+,15-/m0/s1. The van der Waals surface area contributed by atoms with Gasteiger partial charge in [-0.2, -0.15) is 0 Å². The SMILES string of the molecule is C[C@@H]1CN[C@@H]([C@@H](CO)Oc2ccccc2)C(C)(C)C1. The van der Waals surface area contributed by atoms with Gasteiger partial charge in [0.05, 0.1) is 12.6 Å². The molecule has 0 amide bonds. The molecule has 0 unspecified atom stereocenters. The first-order valence-corrected chi connectivity index (χ1v) is 7.09. The van der Waals surface area contributed by atoms with Crippen molar-refractivity contribution in [1.82, 2.24) is 5.32 Å². The summed E-state index contributed by atoms with van der Waals surface area (Å²) in [6, 6.07) is 9.90. The van der Waals surface area contributed by atoms with Gasteiger partial charge in [0.1, 0.15) is 11.9 Å². The molecule has 2 rings (SSSR count). The second-order valence-corrected chi connectivity index (χ2v) is 6.34. The van der Waals surface area contributed by atoms with Gasteiger partial charge in [0.15, 0.2) is 0 Å². The van der Waals surface area contributed by atoms with Crippen LogP contribution in [0.3, 0.4) is 0 Å². The number of aliphatic hydroxyl groups is 1. The molecule has 0 aromatic heterocycles. The molecule has 1 fully saturated rings. The summed E-state index contributed by atoms with van der Waals surface area (Å²) in [7, 11) is 0. The van der Waals surface area contributed by atoms with Gasteiger partial charge in [-0.15, -0.1) is 0 Å². The lowest BCUT2D eigenvalue weighted by Crippen LogP contribution is -2.58. The fraction of sp³-hybridized carbons (Fsp3) is 0.625. The molecule has 3 heteroatoms. The molecule has 1 aliphatic rings. The largest absolute Gasteiger partial charge is 0.486 e. The van der Waals surface area contributed by atoms with Gasteiger partial charge in [0, 0.05) is 0 Å². The number of ether oxygens (including phenoxy) is 1. The second-order valence-electron chi connectivity index (χ2n) is 6.34. The molecule has 19 heavy (non-hydrogen) atoms. The smallest absolute Gasteiger partial charge is 0.137 e. The van der Waals surface area contributed by atoms with Crippen molar-refractivity contribution in [3.63, 3.8) is 0 Å². The van der Waals surface area contributed by atoms with E-state index in [2.05, 4.69) is 26.1 Å². The van der Waals surface area contributed by atoms with Crippen LogP contribution in [0.4, 0.5) is 0 Å². The molecule has 3 atom stereocenters. The molecule has 3 nitrogen and oxygen atoms in total. The van der Waals surface area contributed by atoms with Crippen molar-refractivity contribution >= 4 is 0 Å². The van der Waals surface area contributed by atoms with Crippen molar-refractivity contribution in [2.24, 2.45) is 11.3 Å². The maximum Gasteiger partial charge on any atom is 0.137 e. The van der Waals surface area contributed by atoms with Gasteiger partial charge in [-0.05, 0) is 36.4 Å². The minimum Gasteiger partial charge on any atom is -0.486 e. The molecule has 0 spiro atoms. The molecule has 1 heterocycles. The minimum atomic E-state index is -0.204. The lowest BCUT2D eigenvalue weighted by molar-refractivity contribution is 0.0103. The van der Waals surface area contributed by atoms with E-state index in [1.807, 2.05) is 30.3 Å². The Morgan fingerprint density at radius 3 is 2.63 bits per heavy atom. The highest BCUT2D eigenvalue weighted by atomic mass is 16.5. The maximum atomic E-state index is 9.67. The van der Waals surface area contributed by atoms with Gasteiger partial charge in [-0.1, -0.05) is 39.0 Å². The molecule has 0 radical (unpaired) electrons. The van der Waals surface area contributed by atoms with Gasteiger partial charge in [0.25, 0.3) is 0 Å². The summed E-state index contributed by atoms with van der Waals surface area (Å²) in [5.41, 5.74) is 0.125. The molecule has 1 aliphatic heterocycles. The summed E-state index contributed by atoms with van der Waals surface area (Å²) in [5.74, 6) is 1.49. The molecule has 0 aliphatic carbocycles. The zero-order valence-electron chi connectivity index (χ0n) is 12.1. The van der Waals surface area contributed by atoms with Gasteiger partial charge in [-0.25, -0.2) is 0 Å². The van der Waals surface area contributed by atoms with E-state index in [0.717, 1.165) is 18.7 Å². The van der Waals surface area contributed by atoms with Crippen LogP contribution in [-0.4, -0.2) is 30.4 Å². The molecule has 106 valence electrons. The fourth-order valence-electron chi connectivity index (χ4n) is 3.22. The van der Waals surface area contributed by atoms with Crippen LogP contribution in [0.2, 0.25) is 0 Å². The number of aliphatic hydroxyl groups excluding tert-OH is 1. The summed E-state index contributed by atoms with van der Waals surface area (Å²) in [6.45, 7) is 7.78. The van der Waals surface area contributed by atoms with Crippen LogP contribution in [0, 0.1) is 11.3 Å². The van der Waals surface area contributed by atoms with Crippen molar-refractivity contribution in [3.8, 4) is 5.75 Å². The van der Waals surface area contributed by atoms with Crippen LogP contribution in [0.15, 0.2) is 30.3 Å². The third kappa shape index (κ3) is 3.48. The first-order valence-electron chi connectivity index (χ1n) is 7.09. The number of hydrogen-bond donors (Lipinski definition) is 2. The zero-order valence-corrected chi connectivity index (χ0v) is 12.1. The summed E-state index contributed by atoms with van der Waals surface area (Å²) in [6.07, 6.45) is 0.948. The molecule has 0 bridgehead atoms. The Kier molecular flexibility index (Phi) is 4.48. The molecule has 1 saturated heterocycles. The number of hydrogen-bond acceptors (Lipinski definition) is 3. The van der Waals surface area contributed by atoms with Crippen LogP contribution in [-0.2, 0) is 0 Å².